The maximum Gasteiger partial charge on any atom is 0.308 e. The number of ether oxygens (including phenoxy) is 1. The number of esters is 1. The molecule has 2 aromatic rings. The average molecular weight is 368 g/mol. The quantitative estimate of drug-likeness (QED) is 0.736. The van der Waals surface area contributed by atoms with E-state index in [1.165, 1.54) is 6.92 Å². The van der Waals surface area contributed by atoms with Crippen LogP contribution < -0.4 is 10.6 Å². The second kappa shape index (κ2) is 9.52. The summed E-state index contributed by atoms with van der Waals surface area (Å²) in [5.74, 6) is -1.22. The van der Waals surface area contributed by atoms with Crippen molar-refractivity contribution < 1.29 is 19.1 Å². The van der Waals surface area contributed by atoms with Crippen molar-refractivity contribution in [1.29, 1.82) is 0 Å². The lowest BCUT2D eigenvalue weighted by Gasteiger charge is -2.17. The van der Waals surface area contributed by atoms with Crippen molar-refractivity contribution in [2.75, 3.05) is 11.9 Å². The molecule has 6 nitrogen and oxygen atoms in total. The molecule has 0 bridgehead atoms. The monoisotopic (exact) mass is 368 g/mol. The van der Waals surface area contributed by atoms with Gasteiger partial charge in [-0.25, -0.2) is 0 Å². The first-order valence-corrected chi connectivity index (χ1v) is 8.70. The molecule has 0 radical (unpaired) electrons. The number of nitrogens with one attached hydrogen (secondary N) is 2. The standard InChI is InChI=1S/C21H24N2O4/c1-14-9-10-18(15(2)11-14)23-20(25)13-27-21(26)12-19(22-16(3)24)17-7-5-4-6-8-17/h4-11,19H,12-13H2,1-3H3,(H,22,24)(H,23,25)/t19-/m0/s1. The van der Waals surface area contributed by atoms with Gasteiger partial charge in [0.2, 0.25) is 5.91 Å². The first-order chi connectivity index (χ1) is 12.8. The minimum absolute atomic E-state index is 0.0551. The van der Waals surface area contributed by atoms with Gasteiger partial charge in [-0.1, -0.05) is 48.0 Å². The number of rotatable bonds is 7. The Kier molecular flexibility index (Phi) is 7.11. The average Bonchev–Trinajstić information content (AvgIpc) is 2.62. The smallest absolute Gasteiger partial charge is 0.308 e. The van der Waals surface area contributed by atoms with Crippen LogP contribution in [-0.2, 0) is 19.1 Å². The minimum atomic E-state index is -0.562. The second-order valence-electron chi connectivity index (χ2n) is 6.40. The molecule has 0 saturated heterocycles. The highest BCUT2D eigenvalue weighted by Crippen LogP contribution is 2.18. The van der Waals surface area contributed by atoms with Crippen molar-refractivity contribution in [3.63, 3.8) is 0 Å². The number of anilines is 1. The molecule has 0 spiro atoms. The molecule has 0 aliphatic rings. The zero-order valence-corrected chi connectivity index (χ0v) is 15.7. The molecule has 0 aromatic heterocycles. The molecule has 2 rings (SSSR count). The normalized spacial score (nSPS) is 11.4. The zero-order chi connectivity index (χ0) is 19.8. The van der Waals surface area contributed by atoms with Gasteiger partial charge in [-0.2, -0.15) is 0 Å². The van der Waals surface area contributed by atoms with Crippen LogP contribution >= 0.6 is 0 Å². The van der Waals surface area contributed by atoms with Crippen molar-refractivity contribution in [1.82, 2.24) is 5.32 Å². The van der Waals surface area contributed by atoms with Gasteiger partial charge < -0.3 is 15.4 Å². The fraction of sp³-hybridized carbons (Fsp3) is 0.286. The highest BCUT2D eigenvalue weighted by molar-refractivity contribution is 5.93. The molecule has 1 atom stereocenters. The SMILES string of the molecule is CC(=O)N[C@@H](CC(=O)OCC(=O)Nc1ccc(C)cc1C)c1ccccc1. The van der Waals surface area contributed by atoms with Crippen LogP contribution in [0.1, 0.15) is 36.1 Å². The van der Waals surface area contributed by atoms with Gasteiger partial charge in [0.15, 0.2) is 6.61 Å². The molecule has 2 aromatic carbocycles. The van der Waals surface area contributed by atoms with Gasteiger partial charge in [0.25, 0.3) is 5.91 Å². The lowest BCUT2D eigenvalue weighted by molar-refractivity contribution is -0.148. The molecule has 0 fully saturated rings. The van der Waals surface area contributed by atoms with Gasteiger partial charge in [-0.3, -0.25) is 14.4 Å². The van der Waals surface area contributed by atoms with E-state index >= 15 is 0 Å². The lowest BCUT2D eigenvalue weighted by Crippen LogP contribution is -2.29. The Morgan fingerprint density at radius 1 is 1.04 bits per heavy atom. The molecule has 0 unspecified atom stereocenters. The van der Waals surface area contributed by atoms with Gasteiger partial charge in [0.05, 0.1) is 12.5 Å². The van der Waals surface area contributed by atoms with Crippen LogP contribution in [0.2, 0.25) is 0 Å². The van der Waals surface area contributed by atoms with E-state index in [9.17, 15) is 14.4 Å². The van der Waals surface area contributed by atoms with E-state index in [0.29, 0.717) is 5.69 Å². The van der Waals surface area contributed by atoms with Crippen LogP contribution in [0, 0.1) is 13.8 Å². The van der Waals surface area contributed by atoms with E-state index in [1.54, 1.807) is 0 Å². The summed E-state index contributed by atoms with van der Waals surface area (Å²) in [6, 6.07) is 14.3. The first kappa shape index (κ1) is 20.2. The summed E-state index contributed by atoms with van der Waals surface area (Å²) in [6.07, 6.45) is -0.0551. The maximum atomic E-state index is 12.1. The van der Waals surface area contributed by atoms with Crippen molar-refractivity contribution in [2.45, 2.75) is 33.2 Å². The summed E-state index contributed by atoms with van der Waals surface area (Å²) in [6.45, 7) is 4.87. The fourth-order valence-electron chi connectivity index (χ4n) is 2.69. The third-order valence-electron chi connectivity index (χ3n) is 3.97. The first-order valence-electron chi connectivity index (χ1n) is 8.70. The van der Waals surface area contributed by atoms with Gasteiger partial charge in [-0.15, -0.1) is 0 Å². The number of amides is 2. The molecule has 0 aliphatic heterocycles. The second-order valence-corrected chi connectivity index (χ2v) is 6.40. The molecular weight excluding hydrogens is 344 g/mol. The number of carbonyl (C=O) groups excluding carboxylic acids is 3. The Hall–Kier alpha value is -3.15. The number of benzene rings is 2. The Balaban J connectivity index is 1.89. The summed E-state index contributed by atoms with van der Waals surface area (Å²) in [5.41, 5.74) is 3.51. The third kappa shape index (κ3) is 6.58. The molecule has 0 aliphatic carbocycles. The van der Waals surface area contributed by atoms with Gasteiger partial charge in [-0.05, 0) is 31.0 Å². The fourth-order valence-corrected chi connectivity index (χ4v) is 2.69. The van der Waals surface area contributed by atoms with Crippen molar-refractivity contribution in [3.8, 4) is 0 Å². The van der Waals surface area contributed by atoms with Crippen LogP contribution in [0.15, 0.2) is 48.5 Å². The molecular formula is C21H24N2O4. The number of hydrogen-bond donors (Lipinski definition) is 2. The molecule has 0 saturated carbocycles. The van der Waals surface area contributed by atoms with Crippen LogP contribution in [0.25, 0.3) is 0 Å². The summed E-state index contributed by atoms with van der Waals surface area (Å²) >= 11 is 0. The Bertz CT molecular complexity index is 818. The number of aryl methyl sites for hydroxylation is 2. The van der Waals surface area contributed by atoms with Crippen LogP contribution in [-0.4, -0.2) is 24.4 Å². The van der Waals surface area contributed by atoms with E-state index in [2.05, 4.69) is 10.6 Å². The van der Waals surface area contributed by atoms with Crippen molar-refractivity contribution >= 4 is 23.5 Å². The maximum absolute atomic E-state index is 12.1. The van der Waals surface area contributed by atoms with E-state index in [-0.39, 0.29) is 18.9 Å². The summed E-state index contributed by atoms with van der Waals surface area (Å²) in [4.78, 5) is 35.6. The topological polar surface area (TPSA) is 84.5 Å². The number of hydrogen-bond acceptors (Lipinski definition) is 4. The highest BCUT2D eigenvalue weighted by atomic mass is 16.5. The van der Waals surface area contributed by atoms with Crippen LogP contribution in [0.4, 0.5) is 5.69 Å². The summed E-state index contributed by atoms with van der Waals surface area (Å²) in [7, 11) is 0. The molecule has 0 heterocycles. The minimum Gasteiger partial charge on any atom is -0.455 e. The van der Waals surface area contributed by atoms with E-state index in [0.717, 1.165) is 16.7 Å². The molecule has 142 valence electrons. The summed E-state index contributed by atoms with van der Waals surface area (Å²) in [5, 5.41) is 5.45. The number of carbonyl (C=O) groups is 3. The predicted octanol–water partition coefficient (Wildman–Crippen LogP) is 3.05. The lowest BCUT2D eigenvalue weighted by atomic mass is 10.0. The van der Waals surface area contributed by atoms with Gasteiger partial charge in [0, 0.05) is 12.6 Å². The van der Waals surface area contributed by atoms with Gasteiger partial charge >= 0.3 is 5.97 Å². The van der Waals surface area contributed by atoms with Gasteiger partial charge in [0.1, 0.15) is 0 Å². The molecule has 27 heavy (non-hydrogen) atoms. The molecule has 6 heteroatoms. The van der Waals surface area contributed by atoms with E-state index in [4.69, 9.17) is 4.74 Å². The van der Waals surface area contributed by atoms with Crippen molar-refractivity contribution in [3.05, 3.63) is 65.2 Å². The Morgan fingerprint density at radius 2 is 1.74 bits per heavy atom. The Labute approximate surface area is 158 Å². The zero-order valence-electron chi connectivity index (χ0n) is 15.7. The highest BCUT2D eigenvalue weighted by Gasteiger charge is 2.18. The van der Waals surface area contributed by atoms with Crippen LogP contribution in [0.5, 0.6) is 0 Å². The predicted molar refractivity (Wildman–Crippen MR) is 103 cm³/mol. The van der Waals surface area contributed by atoms with E-state index < -0.39 is 17.9 Å². The third-order valence-corrected chi connectivity index (χ3v) is 3.97. The van der Waals surface area contributed by atoms with E-state index in [1.807, 2.05) is 62.4 Å². The Morgan fingerprint density at radius 3 is 2.37 bits per heavy atom. The molecule has 2 amide bonds. The van der Waals surface area contributed by atoms with Crippen LogP contribution in [0.3, 0.4) is 0 Å². The largest absolute Gasteiger partial charge is 0.455 e. The molecule has 2 N–H and O–H groups in total. The van der Waals surface area contributed by atoms with Crippen molar-refractivity contribution in [2.24, 2.45) is 0 Å². The summed E-state index contributed by atoms with van der Waals surface area (Å²) < 4.78 is 5.07.